The standard InChI is InChI=1S/C12H17NO/c1-8(2)9-3-4-12-10(7-9)11(13)5-6-14-12/h3-4,7-8,11H,5-6,13H2,1-2H3. The van der Waals surface area contributed by atoms with Gasteiger partial charge in [-0.15, -0.1) is 0 Å². The summed E-state index contributed by atoms with van der Waals surface area (Å²) in [6, 6.07) is 6.51. The summed E-state index contributed by atoms with van der Waals surface area (Å²) in [6.45, 7) is 5.13. The van der Waals surface area contributed by atoms with E-state index < -0.39 is 0 Å². The summed E-state index contributed by atoms with van der Waals surface area (Å²) in [4.78, 5) is 0. The third-order valence-corrected chi connectivity index (χ3v) is 2.79. The van der Waals surface area contributed by atoms with Crippen LogP contribution in [0.1, 0.15) is 43.4 Å². The van der Waals surface area contributed by atoms with Crippen molar-refractivity contribution in [2.75, 3.05) is 6.61 Å². The van der Waals surface area contributed by atoms with E-state index in [1.165, 1.54) is 11.1 Å². The van der Waals surface area contributed by atoms with Crippen molar-refractivity contribution in [2.24, 2.45) is 5.73 Å². The zero-order valence-corrected chi connectivity index (χ0v) is 8.79. The van der Waals surface area contributed by atoms with E-state index in [2.05, 4.69) is 26.0 Å². The Morgan fingerprint density at radius 1 is 1.43 bits per heavy atom. The highest BCUT2D eigenvalue weighted by atomic mass is 16.5. The summed E-state index contributed by atoms with van der Waals surface area (Å²) in [6.07, 6.45) is 0.925. The predicted octanol–water partition coefficient (Wildman–Crippen LogP) is 2.59. The lowest BCUT2D eigenvalue weighted by molar-refractivity contribution is 0.269. The van der Waals surface area contributed by atoms with Crippen LogP contribution in [0.4, 0.5) is 0 Å². The molecule has 0 aliphatic carbocycles. The fraction of sp³-hybridized carbons (Fsp3) is 0.500. The lowest BCUT2D eigenvalue weighted by Gasteiger charge is -2.24. The minimum Gasteiger partial charge on any atom is -0.493 e. The van der Waals surface area contributed by atoms with Crippen molar-refractivity contribution in [3.8, 4) is 5.75 Å². The fourth-order valence-corrected chi connectivity index (χ4v) is 1.80. The molecule has 0 fully saturated rings. The smallest absolute Gasteiger partial charge is 0.124 e. The maximum absolute atomic E-state index is 6.04. The van der Waals surface area contributed by atoms with Crippen LogP contribution >= 0.6 is 0 Å². The molecule has 76 valence electrons. The third-order valence-electron chi connectivity index (χ3n) is 2.79. The van der Waals surface area contributed by atoms with Crippen LogP contribution in [0, 0.1) is 0 Å². The van der Waals surface area contributed by atoms with Crippen LogP contribution in [0.15, 0.2) is 18.2 Å². The van der Waals surface area contributed by atoms with Gasteiger partial charge in [-0.2, -0.15) is 0 Å². The zero-order chi connectivity index (χ0) is 10.1. The van der Waals surface area contributed by atoms with Gasteiger partial charge in [0.15, 0.2) is 0 Å². The van der Waals surface area contributed by atoms with E-state index in [1.54, 1.807) is 0 Å². The van der Waals surface area contributed by atoms with Gasteiger partial charge in [0.2, 0.25) is 0 Å². The molecule has 0 spiro atoms. The van der Waals surface area contributed by atoms with Gasteiger partial charge in [-0.25, -0.2) is 0 Å². The molecule has 0 amide bonds. The first kappa shape index (κ1) is 9.53. The number of hydrogen-bond donors (Lipinski definition) is 1. The summed E-state index contributed by atoms with van der Waals surface area (Å²) in [7, 11) is 0. The third kappa shape index (κ3) is 1.62. The Morgan fingerprint density at radius 3 is 2.93 bits per heavy atom. The molecule has 2 nitrogen and oxygen atoms in total. The Balaban J connectivity index is 2.41. The first-order valence-electron chi connectivity index (χ1n) is 5.20. The number of benzene rings is 1. The van der Waals surface area contributed by atoms with Crippen molar-refractivity contribution in [2.45, 2.75) is 32.2 Å². The van der Waals surface area contributed by atoms with Crippen LogP contribution in [-0.4, -0.2) is 6.61 Å². The van der Waals surface area contributed by atoms with Crippen molar-refractivity contribution < 1.29 is 4.74 Å². The highest BCUT2D eigenvalue weighted by Gasteiger charge is 2.18. The van der Waals surface area contributed by atoms with Crippen molar-refractivity contribution >= 4 is 0 Å². The molecular weight excluding hydrogens is 174 g/mol. The van der Waals surface area contributed by atoms with E-state index in [-0.39, 0.29) is 6.04 Å². The maximum atomic E-state index is 6.04. The number of ether oxygens (including phenoxy) is 1. The largest absolute Gasteiger partial charge is 0.493 e. The first-order valence-corrected chi connectivity index (χ1v) is 5.20. The topological polar surface area (TPSA) is 35.2 Å². The van der Waals surface area contributed by atoms with Gasteiger partial charge in [-0.3, -0.25) is 0 Å². The number of nitrogens with two attached hydrogens (primary N) is 1. The number of hydrogen-bond acceptors (Lipinski definition) is 2. The van der Waals surface area contributed by atoms with Crippen molar-refractivity contribution in [1.29, 1.82) is 0 Å². The molecule has 1 heterocycles. The van der Waals surface area contributed by atoms with Crippen LogP contribution in [0.3, 0.4) is 0 Å². The Hall–Kier alpha value is -1.02. The molecule has 0 saturated carbocycles. The molecule has 1 unspecified atom stereocenters. The zero-order valence-electron chi connectivity index (χ0n) is 8.79. The van der Waals surface area contributed by atoms with Gasteiger partial charge in [0.1, 0.15) is 5.75 Å². The minimum absolute atomic E-state index is 0.150. The molecule has 1 aliphatic rings. The molecule has 2 N–H and O–H groups in total. The first-order chi connectivity index (χ1) is 6.68. The van der Waals surface area contributed by atoms with E-state index >= 15 is 0 Å². The van der Waals surface area contributed by atoms with Gasteiger partial charge >= 0.3 is 0 Å². The molecule has 1 atom stereocenters. The average molecular weight is 191 g/mol. The molecule has 1 aromatic carbocycles. The van der Waals surface area contributed by atoms with Gasteiger partial charge in [0, 0.05) is 18.0 Å². The molecule has 0 bridgehead atoms. The predicted molar refractivity (Wildman–Crippen MR) is 57.6 cm³/mol. The SMILES string of the molecule is CC(C)c1ccc2c(c1)C(N)CCO2. The Morgan fingerprint density at radius 2 is 2.21 bits per heavy atom. The Labute approximate surface area is 85.1 Å². The summed E-state index contributed by atoms with van der Waals surface area (Å²) in [5.41, 5.74) is 8.54. The molecular formula is C12H17NO. The van der Waals surface area contributed by atoms with E-state index in [4.69, 9.17) is 10.5 Å². The Bertz CT molecular complexity index is 333. The lowest BCUT2D eigenvalue weighted by Crippen LogP contribution is -2.20. The normalized spacial score (nSPS) is 20.4. The molecule has 1 aromatic rings. The highest BCUT2D eigenvalue weighted by Crippen LogP contribution is 2.32. The quantitative estimate of drug-likeness (QED) is 0.740. The van der Waals surface area contributed by atoms with Gasteiger partial charge < -0.3 is 10.5 Å². The second-order valence-electron chi connectivity index (χ2n) is 4.20. The second-order valence-corrected chi connectivity index (χ2v) is 4.20. The van der Waals surface area contributed by atoms with Gasteiger partial charge in [0.05, 0.1) is 6.61 Å². The highest BCUT2D eigenvalue weighted by molar-refractivity contribution is 5.41. The second kappa shape index (κ2) is 3.62. The van der Waals surface area contributed by atoms with Crippen molar-refractivity contribution in [1.82, 2.24) is 0 Å². The van der Waals surface area contributed by atoms with Crippen LogP contribution in [0.5, 0.6) is 5.75 Å². The molecule has 0 saturated heterocycles. The Kier molecular flexibility index (Phi) is 2.46. The number of fused-ring (bicyclic) bond motifs is 1. The summed E-state index contributed by atoms with van der Waals surface area (Å²) < 4.78 is 5.55. The van der Waals surface area contributed by atoms with E-state index in [9.17, 15) is 0 Å². The van der Waals surface area contributed by atoms with Crippen molar-refractivity contribution in [3.63, 3.8) is 0 Å². The fourth-order valence-electron chi connectivity index (χ4n) is 1.80. The van der Waals surface area contributed by atoms with Crippen LogP contribution < -0.4 is 10.5 Å². The van der Waals surface area contributed by atoms with Gasteiger partial charge in [-0.1, -0.05) is 26.0 Å². The average Bonchev–Trinajstić information content (AvgIpc) is 2.18. The molecule has 0 aromatic heterocycles. The number of rotatable bonds is 1. The monoisotopic (exact) mass is 191 g/mol. The summed E-state index contributed by atoms with van der Waals surface area (Å²) >= 11 is 0. The molecule has 2 rings (SSSR count). The van der Waals surface area contributed by atoms with Gasteiger partial charge in [0.25, 0.3) is 0 Å². The van der Waals surface area contributed by atoms with E-state index in [1.807, 2.05) is 6.07 Å². The molecule has 2 heteroatoms. The van der Waals surface area contributed by atoms with Crippen LogP contribution in [-0.2, 0) is 0 Å². The van der Waals surface area contributed by atoms with Crippen LogP contribution in [0.2, 0.25) is 0 Å². The van der Waals surface area contributed by atoms with Crippen molar-refractivity contribution in [3.05, 3.63) is 29.3 Å². The molecule has 0 radical (unpaired) electrons. The summed E-state index contributed by atoms with van der Waals surface area (Å²) in [5, 5.41) is 0. The summed E-state index contributed by atoms with van der Waals surface area (Å²) in [5.74, 6) is 1.52. The van der Waals surface area contributed by atoms with Crippen LogP contribution in [0.25, 0.3) is 0 Å². The molecule has 14 heavy (non-hydrogen) atoms. The maximum Gasteiger partial charge on any atom is 0.124 e. The van der Waals surface area contributed by atoms with E-state index in [0.717, 1.165) is 18.8 Å². The van der Waals surface area contributed by atoms with Gasteiger partial charge in [-0.05, 0) is 17.5 Å². The minimum atomic E-state index is 0.150. The lowest BCUT2D eigenvalue weighted by atomic mass is 9.95. The van der Waals surface area contributed by atoms with E-state index in [0.29, 0.717) is 5.92 Å². The molecule has 1 aliphatic heterocycles.